The zero-order valence-electron chi connectivity index (χ0n) is 17.7. The zero-order chi connectivity index (χ0) is 24.1. The molecule has 2 aromatic heterocycles. The molecule has 2 aliphatic rings. The maximum atomic E-state index is 13.6. The standard InChI is InChI=1S/C20H16Br2N6O5/c1-25-13-10-14(26(2)19(33)27(3)15(10)29)24-20(11(13)16(30)28(4)18(25)32)8-5-7(21)6-9(22)12(8)23-17(20)31/h5-6,24H,1-4H3,(H,23,31). The van der Waals surface area contributed by atoms with Crippen molar-refractivity contribution in [3.05, 3.63) is 73.9 Å². The van der Waals surface area contributed by atoms with Crippen molar-refractivity contribution in [1.82, 2.24) is 18.3 Å². The van der Waals surface area contributed by atoms with Crippen LogP contribution in [-0.2, 0) is 38.5 Å². The van der Waals surface area contributed by atoms with E-state index in [0.29, 0.717) is 20.2 Å². The van der Waals surface area contributed by atoms with Gasteiger partial charge < -0.3 is 10.6 Å². The van der Waals surface area contributed by atoms with E-state index in [4.69, 9.17) is 0 Å². The molecule has 0 aliphatic carbocycles. The summed E-state index contributed by atoms with van der Waals surface area (Å²) < 4.78 is 5.30. The Hall–Kier alpha value is -3.19. The van der Waals surface area contributed by atoms with Gasteiger partial charge in [-0.3, -0.25) is 32.7 Å². The molecule has 2 N–H and O–H groups in total. The summed E-state index contributed by atoms with van der Waals surface area (Å²) in [5, 5.41) is 5.84. The van der Waals surface area contributed by atoms with Gasteiger partial charge in [-0.2, -0.15) is 0 Å². The minimum Gasteiger partial charge on any atom is -0.349 e. The third-order valence-electron chi connectivity index (χ3n) is 6.28. The van der Waals surface area contributed by atoms with Gasteiger partial charge in [0.05, 0.1) is 16.9 Å². The Morgan fingerprint density at radius 1 is 0.818 bits per heavy atom. The number of carbonyl (C=O) groups excluding carboxylic acids is 1. The number of hydrogen-bond donors (Lipinski definition) is 2. The van der Waals surface area contributed by atoms with Crippen LogP contribution in [0.1, 0.15) is 11.1 Å². The summed E-state index contributed by atoms with van der Waals surface area (Å²) >= 11 is 6.85. The van der Waals surface area contributed by atoms with E-state index in [0.717, 1.165) is 13.7 Å². The van der Waals surface area contributed by atoms with E-state index >= 15 is 0 Å². The molecule has 11 nitrogen and oxygen atoms in total. The van der Waals surface area contributed by atoms with Crippen LogP contribution in [0.25, 0.3) is 11.3 Å². The first kappa shape index (κ1) is 21.6. The van der Waals surface area contributed by atoms with Crippen molar-refractivity contribution in [1.29, 1.82) is 0 Å². The SMILES string of the molecule is Cn1c2c(c(=O)n(C)c1=O)-c1c(c(=O)n(C)c(=O)n1C)C1(N2)C(=O)Nc2c(Br)cc(Br)cc21. The zero-order valence-corrected chi connectivity index (χ0v) is 20.9. The minimum absolute atomic E-state index is 0.0212. The van der Waals surface area contributed by atoms with E-state index in [9.17, 15) is 24.0 Å². The maximum Gasteiger partial charge on any atom is 0.332 e. The summed E-state index contributed by atoms with van der Waals surface area (Å²) in [6, 6.07) is 3.41. The number of nitrogens with zero attached hydrogens (tertiary/aromatic N) is 4. The minimum atomic E-state index is -1.80. The smallest absolute Gasteiger partial charge is 0.332 e. The second kappa shape index (κ2) is 6.67. The van der Waals surface area contributed by atoms with Gasteiger partial charge in [0, 0.05) is 42.7 Å². The Morgan fingerprint density at radius 2 is 1.42 bits per heavy atom. The summed E-state index contributed by atoms with van der Waals surface area (Å²) in [7, 11) is 5.46. The van der Waals surface area contributed by atoms with E-state index in [-0.39, 0.29) is 22.6 Å². The lowest BCUT2D eigenvalue weighted by molar-refractivity contribution is -0.118. The monoisotopic (exact) mass is 578 g/mol. The first-order valence-electron chi connectivity index (χ1n) is 9.63. The third kappa shape index (κ3) is 2.46. The molecule has 0 radical (unpaired) electrons. The van der Waals surface area contributed by atoms with Gasteiger partial charge in [0.15, 0.2) is 5.54 Å². The Balaban J connectivity index is 2.11. The molecule has 2 aliphatic heterocycles. The molecular weight excluding hydrogens is 564 g/mol. The number of fused-ring (bicyclic) bond motifs is 6. The van der Waals surface area contributed by atoms with E-state index < -0.39 is 33.9 Å². The van der Waals surface area contributed by atoms with Crippen LogP contribution in [0, 0.1) is 0 Å². The highest BCUT2D eigenvalue weighted by molar-refractivity contribution is 9.11. The molecule has 5 rings (SSSR count). The Labute approximate surface area is 201 Å². The van der Waals surface area contributed by atoms with Gasteiger partial charge in [-0.1, -0.05) is 15.9 Å². The first-order valence-corrected chi connectivity index (χ1v) is 11.2. The molecule has 1 amide bonds. The number of nitrogens with one attached hydrogen (secondary N) is 2. The first-order chi connectivity index (χ1) is 15.4. The molecule has 1 aromatic carbocycles. The summed E-state index contributed by atoms with van der Waals surface area (Å²) in [4.78, 5) is 66.0. The second-order valence-electron chi connectivity index (χ2n) is 8.00. The number of amides is 1. The molecule has 1 atom stereocenters. The normalized spacial score (nSPS) is 17.9. The molecule has 1 unspecified atom stereocenters. The quantitative estimate of drug-likeness (QED) is 0.394. The van der Waals surface area contributed by atoms with Crippen molar-refractivity contribution in [3.8, 4) is 11.3 Å². The predicted octanol–water partition coefficient (Wildman–Crippen LogP) is 0.295. The van der Waals surface area contributed by atoms with E-state index in [1.54, 1.807) is 12.1 Å². The van der Waals surface area contributed by atoms with Gasteiger partial charge in [0.1, 0.15) is 11.4 Å². The summed E-state index contributed by atoms with van der Waals surface area (Å²) in [5.74, 6) is -0.565. The van der Waals surface area contributed by atoms with Crippen LogP contribution in [0.3, 0.4) is 0 Å². The number of benzene rings is 1. The van der Waals surface area contributed by atoms with Gasteiger partial charge in [-0.15, -0.1) is 0 Å². The van der Waals surface area contributed by atoms with Gasteiger partial charge in [0.2, 0.25) is 0 Å². The fourth-order valence-electron chi connectivity index (χ4n) is 4.62. The molecule has 3 aromatic rings. The average molecular weight is 580 g/mol. The topological polar surface area (TPSA) is 129 Å². The van der Waals surface area contributed by atoms with Crippen LogP contribution < -0.4 is 33.1 Å². The number of hydrogen-bond acceptors (Lipinski definition) is 6. The lowest BCUT2D eigenvalue weighted by Gasteiger charge is -2.37. The largest absolute Gasteiger partial charge is 0.349 e. The number of rotatable bonds is 0. The fourth-order valence-corrected chi connectivity index (χ4v) is 5.94. The molecule has 0 saturated heterocycles. The Morgan fingerprint density at radius 3 is 2.09 bits per heavy atom. The Kier molecular flexibility index (Phi) is 4.37. The van der Waals surface area contributed by atoms with Gasteiger partial charge in [0.25, 0.3) is 17.0 Å². The number of carbonyl (C=O) groups is 1. The van der Waals surface area contributed by atoms with Crippen molar-refractivity contribution in [2.45, 2.75) is 5.54 Å². The lowest BCUT2D eigenvalue weighted by atomic mass is 9.79. The summed E-state index contributed by atoms with van der Waals surface area (Å²) in [5.41, 5.74) is -3.88. The molecule has 0 saturated carbocycles. The van der Waals surface area contributed by atoms with E-state index in [1.807, 2.05) is 0 Å². The maximum absolute atomic E-state index is 13.6. The Bertz CT molecular complexity index is 1700. The van der Waals surface area contributed by atoms with Crippen LogP contribution in [0.15, 0.2) is 40.3 Å². The van der Waals surface area contributed by atoms with Crippen molar-refractivity contribution >= 4 is 49.3 Å². The van der Waals surface area contributed by atoms with Crippen molar-refractivity contribution in [2.24, 2.45) is 28.2 Å². The number of halogens is 2. The molecule has 0 fully saturated rings. The fraction of sp³-hybridized carbons (Fsp3) is 0.250. The van der Waals surface area contributed by atoms with Crippen molar-refractivity contribution < 1.29 is 4.79 Å². The van der Waals surface area contributed by atoms with Crippen molar-refractivity contribution in [2.75, 3.05) is 10.6 Å². The summed E-state index contributed by atoms with van der Waals surface area (Å²) in [6.45, 7) is 0. The molecular formula is C20H16Br2N6O5. The third-order valence-corrected chi connectivity index (χ3v) is 7.37. The highest BCUT2D eigenvalue weighted by Gasteiger charge is 2.56. The number of aromatic nitrogens is 4. The van der Waals surface area contributed by atoms with Crippen LogP contribution >= 0.6 is 31.9 Å². The lowest BCUT2D eigenvalue weighted by Crippen LogP contribution is -2.56. The van der Waals surface area contributed by atoms with Gasteiger partial charge in [-0.25, -0.2) is 9.59 Å². The summed E-state index contributed by atoms with van der Waals surface area (Å²) in [6.07, 6.45) is 0. The molecule has 170 valence electrons. The highest BCUT2D eigenvalue weighted by atomic mass is 79.9. The predicted molar refractivity (Wildman–Crippen MR) is 128 cm³/mol. The van der Waals surface area contributed by atoms with E-state index in [1.165, 1.54) is 32.8 Å². The van der Waals surface area contributed by atoms with Gasteiger partial charge in [-0.05, 0) is 28.1 Å². The molecule has 0 bridgehead atoms. The van der Waals surface area contributed by atoms with Crippen LogP contribution in [0.5, 0.6) is 0 Å². The van der Waals surface area contributed by atoms with Crippen LogP contribution in [-0.4, -0.2) is 24.2 Å². The molecule has 1 spiro atoms. The van der Waals surface area contributed by atoms with E-state index in [2.05, 4.69) is 42.5 Å². The van der Waals surface area contributed by atoms with Crippen molar-refractivity contribution in [3.63, 3.8) is 0 Å². The highest BCUT2D eigenvalue weighted by Crippen LogP contribution is 2.51. The molecule has 4 heterocycles. The molecule has 13 heteroatoms. The molecule has 33 heavy (non-hydrogen) atoms. The second-order valence-corrected chi connectivity index (χ2v) is 9.77. The van der Waals surface area contributed by atoms with Crippen LogP contribution in [0.4, 0.5) is 11.5 Å². The van der Waals surface area contributed by atoms with Crippen LogP contribution in [0.2, 0.25) is 0 Å². The average Bonchev–Trinajstić information content (AvgIpc) is 3.04. The number of anilines is 2. The van der Waals surface area contributed by atoms with Gasteiger partial charge >= 0.3 is 11.4 Å².